The van der Waals surface area contributed by atoms with Crippen molar-refractivity contribution in [1.82, 2.24) is 0 Å². The zero-order valence-electron chi connectivity index (χ0n) is 11.3. The van der Waals surface area contributed by atoms with Crippen LogP contribution in [0, 0.1) is 18.7 Å². The van der Waals surface area contributed by atoms with Gasteiger partial charge >= 0.3 is 0 Å². The van der Waals surface area contributed by atoms with E-state index < -0.39 is 26.2 Å². The number of carbonyl (C=O) groups excluding carboxylic acids is 1. The van der Waals surface area contributed by atoms with Crippen molar-refractivity contribution in [3.8, 4) is 0 Å². The summed E-state index contributed by atoms with van der Waals surface area (Å²) < 4.78 is 37.8. The Bertz CT molecular complexity index is 646. The molecule has 2 saturated heterocycles. The number of aryl methyl sites for hydroxylation is 1. The van der Waals surface area contributed by atoms with Crippen molar-refractivity contribution in [3.05, 3.63) is 35.1 Å². The fraction of sp³-hybridized carbons (Fsp3) is 0.533. The highest BCUT2D eigenvalue weighted by atomic mass is 32.2. The molecule has 0 amide bonds. The van der Waals surface area contributed by atoms with Crippen LogP contribution in [0.3, 0.4) is 0 Å². The van der Waals surface area contributed by atoms with Crippen LogP contribution in [0.1, 0.15) is 41.6 Å². The molecule has 2 atom stereocenters. The number of benzene rings is 1. The van der Waals surface area contributed by atoms with Crippen LogP contribution in [0.15, 0.2) is 18.2 Å². The van der Waals surface area contributed by atoms with Crippen molar-refractivity contribution < 1.29 is 17.6 Å². The second-order valence-corrected chi connectivity index (χ2v) is 8.44. The van der Waals surface area contributed by atoms with Gasteiger partial charge in [0.05, 0.1) is 16.1 Å². The number of sulfone groups is 1. The molecule has 2 heterocycles. The standard InChI is InChI=1S/C15H17FO3S/c1-9-2-5-14(16)13(6-9)15(17)10-7-11-3-4-12(8-10)20(11,18)19/h2,5-6,10-12H,3-4,7-8H2,1H3. The van der Waals surface area contributed by atoms with Gasteiger partial charge in [-0.15, -0.1) is 0 Å². The molecular formula is C15H17FO3S. The third kappa shape index (κ3) is 2.08. The second-order valence-electron chi connectivity index (χ2n) is 5.93. The molecule has 108 valence electrons. The van der Waals surface area contributed by atoms with Crippen LogP contribution in [0.25, 0.3) is 0 Å². The van der Waals surface area contributed by atoms with Gasteiger partial charge in [0, 0.05) is 5.92 Å². The van der Waals surface area contributed by atoms with Crippen LogP contribution in [0.2, 0.25) is 0 Å². The van der Waals surface area contributed by atoms with Gasteiger partial charge in [-0.05, 0) is 44.7 Å². The Kier molecular flexibility index (Phi) is 3.20. The van der Waals surface area contributed by atoms with Crippen LogP contribution in [-0.2, 0) is 9.84 Å². The van der Waals surface area contributed by atoms with E-state index in [4.69, 9.17) is 0 Å². The molecule has 0 N–H and O–H groups in total. The predicted molar refractivity (Wildman–Crippen MR) is 73.9 cm³/mol. The molecule has 2 fully saturated rings. The van der Waals surface area contributed by atoms with Crippen LogP contribution >= 0.6 is 0 Å². The molecule has 1 aromatic carbocycles. The van der Waals surface area contributed by atoms with E-state index in [0.717, 1.165) is 5.56 Å². The van der Waals surface area contributed by atoms with Crippen LogP contribution in [-0.4, -0.2) is 24.7 Å². The first-order valence-corrected chi connectivity index (χ1v) is 8.53. The minimum atomic E-state index is -3.04. The summed E-state index contributed by atoms with van der Waals surface area (Å²) in [6.45, 7) is 1.81. The van der Waals surface area contributed by atoms with Crippen molar-refractivity contribution in [2.75, 3.05) is 0 Å². The fourth-order valence-electron chi connectivity index (χ4n) is 3.47. The van der Waals surface area contributed by atoms with Gasteiger partial charge in [-0.1, -0.05) is 11.6 Å². The summed E-state index contributed by atoms with van der Waals surface area (Å²) in [5, 5.41) is -0.800. The van der Waals surface area contributed by atoms with E-state index in [1.807, 2.05) is 6.92 Å². The first-order valence-electron chi connectivity index (χ1n) is 6.92. The summed E-state index contributed by atoms with van der Waals surface area (Å²) in [7, 11) is -3.04. The molecule has 3 rings (SSSR count). The summed E-state index contributed by atoms with van der Waals surface area (Å²) in [5.41, 5.74) is 0.940. The fourth-order valence-corrected chi connectivity index (χ4v) is 5.94. The van der Waals surface area contributed by atoms with Crippen molar-refractivity contribution >= 4 is 15.6 Å². The Hall–Kier alpha value is -1.23. The highest BCUT2D eigenvalue weighted by Crippen LogP contribution is 2.42. The number of hydrogen-bond donors (Lipinski definition) is 0. The van der Waals surface area contributed by atoms with Crippen molar-refractivity contribution in [2.24, 2.45) is 5.92 Å². The summed E-state index contributed by atoms with van der Waals surface area (Å²) in [6, 6.07) is 4.49. The van der Waals surface area contributed by atoms with Crippen molar-refractivity contribution in [3.63, 3.8) is 0 Å². The molecule has 1 aromatic rings. The maximum atomic E-state index is 13.8. The molecule has 0 saturated carbocycles. The smallest absolute Gasteiger partial charge is 0.168 e. The molecule has 20 heavy (non-hydrogen) atoms. The average molecular weight is 296 g/mol. The Morgan fingerprint density at radius 3 is 2.40 bits per heavy atom. The van der Waals surface area contributed by atoms with E-state index >= 15 is 0 Å². The molecule has 3 nitrogen and oxygen atoms in total. The molecule has 2 aliphatic heterocycles. The summed E-state index contributed by atoms with van der Waals surface area (Å²) in [5.74, 6) is -1.10. The lowest BCUT2D eigenvalue weighted by Crippen LogP contribution is -2.36. The Balaban J connectivity index is 1.88. The van der Waals surface area contributed by atoms with Crippen LogP contribution in [0.5, 0.6) is 0 Å². The Labute approximate surface area is 118 Å². The average Bonchev–Trinajstić information content (AvgIpc) is 2.59. The number of hydrogen-bond acceptors (Lipinski definition) is 3. The number of rotatable bonds is 2. The van der Waals surface area contributed by atoms with Gasteiger partial charge in [-0.25, -0.2) is 12.8 Å². The van der Waals surface area contributed by atoms with Crippen molar-refractivity contribution in [2.45, 2.75) is 43.1 Å². The van der Waals surface area contributed by atoms with E-state index in [9.17, 15) is 17.6 Å². The Morgan fingerprint density at radius 1 is 1.20 bits per heavy atom. The molecule has 2 bridgehead atoms. The molecule has 0 aromatic heterocycles. The summed E-state index contributed by atoms with van der Waals surface area (Å²) in [4.78, 5) is 12.5. The maximum absolute atomic E-state index is 13.8. The zero-order chi connectivity index (χ0) is 14.5. The van der Waals surface area contributed by atoms with E-state index in [1.54, 1.807) is 12.1 Å². The topological polar surface area (TPSA) is 51.2 Å². The van der Waals surface area contributed by atoms with E-state index in [1.165, 1.54) is 6.07 Å². The first-order chi connectivity index (χ1) is 9.39. The number of halogens is 1. The molecule has 0 spiro atoms. The molecule has 0 radical (unpaired) electrons. The van der Waals surface area contributed by atoms with E-state index in [0.29, 0.717) is 25.7 Å². The SMILES string of the molecule is Cc1ccc(F)c(C(=O)C2CC3CCC(C2)S3(=O)=O)c1. The maximum Gasteiger partial charge on any atom is 0.168 e. The highest BCUT2D eigenvalue weighted by molar-refractivity contribution is 7.93. The number of fused-ring (bicyclic) bond motifs is 2. The van der Waals surface area contributed by atoms with Gasteiger partial charge in [0.1, 0.15) is 5.82 Å². The molecule has 2 aliphatic rings. The van der Waals surface area contributed by atoms with Gasteiger partial charge in [-0.2, -0.15) is 0 Å². The first kappa shape index (κ1) is 13.7. The molecular weight excluding hydrogens is 279 g/mol. The number of ketones is 1. The normalized spacial score (nSPS) is 31.2. The predicted octanol–water partition coefficient (Wildman–Crippen LogP) is 2.67. The largest absolute Gasteiger partial charge is 0.294 e. The van der Waals surface area contributed by atoms with Gasteiger partial charge in [0.2, 0.25) is 0 Å². The van der Waals surface area contributed by atoms with Crippen LogP contribution < -0.4 is 0 Å². The lowest BCUT2D eigenvalue weighted by Gasteiger charge is -2.27. The summed E-state index contributed by atoms with van der Waals surface area (Å²) >= 11 is 0. The van der Waals surface area contributed by atoms with Crippen LogP contribution in [0.4, 0.5) is 4.39 Å². The minimum Gasteiger partial charge on any atom is -0.294 e. The quantitative estimate of drug-likeness (QED) is 0.788. The number of Topliss-reactive ketones (excluding diaryl/α,β-unsaturated/α-hetero) is 1. The lowest BCUT2D eigenvalue weighted by molar-refractivity contribution is 0.0901. The molecule has 0 aliphatic carbocycles. The van der Waals surface area contributed by atoms with Gasteiger partial charge in [-0.3, -0.25) is 4.79 Å². The lowest BCUT2D eigenvalue weighted by atomic mass is 9.89. The third-order valence-corrected chi connectivity index (χ3v) is 7.31. The summed E-state index contributed by atoms with van der Waals surface area (Å²) in [6.07, 6.45) is 2.00. The van der Waals surface area contributed by atoms with Crippen molar-refractivity contribution in [1.29, 1.82) is 0 Å². The molecule has 2 unspecified atom stereocenters. The Morgan fingerprint density at radius 2 is 1.80 bits per heavy atom. The van der Waals surface area contributed by atoms with Gasteiger partial charge in [0.25, 0.3) is 0 Å². The van der Waals surface area contributed by atoms with E-state index in [2.05, 4.69) is 0 Å². The zero-order valence-corrected chi connectivity index (χ0v) is 12.1. The highest BCUT2D eigenvalue weighted by Gasteiger charge is 2.48. The third-order valence-electron chi connectivity index (χ3n) is 4.59. The van der Waals surface area contributed by atoms with Gasteiger partial charge in [0.15, 0.2) is 15.6 Å². The van der Waals surface area contributed by atoms with Gasteiger partial charge < -0.3 is 0 Å². The second kappa shape index (κ2) is 4.65. The number of carbonyl (C=O) groups is 1. The van der Waals surface area contributed by atoms with E-state index in [-0.39, 0.29) is 17.3 Å². The molecule has 5 heteroatoms. The minimum absolute atomic E-state index is 0.105. The monoisotopic (exact) mass is 296 g/mol.